The highest BCUT2D eigenvalue weighted by atomic mass is 16.6. The van der Waals surface area contributed by atoms with E-state index >= 15 is 0 Å². The summed E-state index contributed by atoms with van der Waals surface area (Å²) in [6, 6.07) is 0. The van der Waals surface area contributed by atoms with Gasteiger partial charge in [-0.2, -0.15) is 0 Å². The van der Waals surface area contributed by atoms with Gasteiger partial charge in [-0.15, -0.1) is 0 Å². The third-order valence-electron chi connectivity index (χ3n) is 2.76. The van der Waals surface area contributed by atoms with Gasteiger partial charge in [0, 0.05) is 7.11 Å². The monoisotopic (exact) mass is 283 g/mol. The fraction of sp³-hybridized carbons (Fsp3) is 0.545. The fourth-order valence-corrected chi connectivity index (χ4v) is 1.77. The van der Waals surface area contributed by atoms with Gasteiger partial charge >= 0.3 is 0 Å². The molecular weight excluding hydrogens is 266 g/mol. The Labute approximate surface area is 115 Å². The highest BCUT2D eigenvalue weighted by molar-refractivity contribution is 5.81. The molecule has 0 radical (unpaired) electrons. The summed E-state index contributed by atoms with van der Waals surface area (Å²) in [5.41, 5.74) is 6.67. The molecule has 110 valence electrons. The molecule has 2 aromatic rings. The van der Waals surface area contributed by atoms with Gasteiger partial charge in [0.25, 0.3) is 0 Å². The van der Waals surface area contributed by atoms with Crippen LogP contribution in [-0.4, -0.2) is 62.8 Å². The third kappa shape index (κ3) is 2.85. The SMILES string of the molecule is COC[C@@H](OC(CO)CO)n1cnc2c(N)ncnc21. The minimum Gasteiger partial charge on any atom is -0.394 e. The Bertz CT molecular complexity index is 557. The van der Waals surface area contributed by atoms with Crippen molar-refractivity contribution in [3.63, 3.8) is 0 Å². The molecule has 0 aliphatic heterocycles. The van der Waals surface area contributed by atoms with Crippen molar-refractivity contribution < 1.29 is 19.7 Å². The highest BCUT2D eigenvalue weighted by Crippen LogP contribution is 2.20. The van der Waals surface area contributed by atoms with Crippen molar-refractivity contribution in [1.82, 2.24) is 19.5 Å². The Kier molecular flexibility index (Phi) is 4.79. The number of fused-ring (bicyclic) bond motifs is 1. The minimum absolute atomic E-state index is 0.200. The smallest absolute Gasteiger partial charge is 0.167 e. The molecule has 0 aromatic carbocycles. The number of rotatable bonds is 7. The van der Waals surface area contributed by atoms with Crippen molar-refractivity contribution in [2.24, 2.45) is 0 Å². The minimum atomic E-state index is -0.716. The summed E-state index contributed by atoms with van der Waals surface area (Å²) >= 11 is 0. The van der Waals surface area contributed by atoms with Crippen molar-refractivity contribution in [2.45, 2.75) is 12.3 Å². The molecule has 0 fully saturated rings. The molecule has 9 heteroatoms. The second-order valence-corrected chi connectivity index (χ2v) is 4.12. The maximum atomic E-state index is 9.10. The zero-order valence-corrected chi connectivity index (χ0v) is 11.0. The summed E-state index contributed by atoms with van der Waals surface area (Å²) in [5.74, 6) is 0.269. The molecule has 2 aromatic heterocycles. The van der Waals surface area contributed by atoms with Gasteiger partial charge in [0.15, 0.2) is 17.7 Å². The average molecular weight is 283 g/mol. The lowest BCUT2D eigenvalue weighted by Crippen LogP contribution is -2.29. The van der Waals surface area contributed by atoms with E-state index < -0.39 is 12.3 Å². The van der Waals surface area contributed by atoms with Crippen LogP contribution < -0.4 is 5.73 Å². The predicted octanol–water partition coefficient (Wildman–Crippen LogP) is -1.08. The number of imidazole rings is 1. The van der Waals surface area contributed by atoms with Gasteiger partial charge in [-0.25, -0.2) is 15.0 Å². The first-order chi connectivity index (χ1) is 9.71. The Morgan fingerprint density at radius 3 is 2.70 bits per heavy atom. The van der Waals surface area contributed by atoms with E-state index in [1.807, 2.05) is 0 Å². The molecule has 0 unspecified atom stereocenters. The number of anilines is 1. The van der Waals surface area contributed by atoms with Gasteiger partial charge in [0.1, 0.15) is 17.9 Å². The molecule has 4 N–H and O–H groups in total. The lowest BCUT2D eigenvalue weighted by atomic mass is 10.4. The molecule has 0 aliphatic carbocycles. The molecule has 2 rings (SSSR count). The van der Waals surface area contributed by atoms with Crippen molar-refractivity contribution in [1.29, 1.82) is 0 Å². The van der Waals surface area contributed by atoms with Crippen LogP contribution in [0.5, 0.6) is 0 Å². The first kappa shape index (κ1) is 14.6. The quantitative estimate of drug-likeness (QED) is 0.585. The van der Waals surface area contributed by atoms with E-state index in [2.05, 4.69) is 15.0 Å². The lowest BCUT2D eigenvalue weighted by molar-refractivity contribution is -0.116. The van der Waals surface area contributed by atoms with Crippen LogP contribution in [0.3, 0.4) is 0 Å². The molecule has 0 saturated carbocycles. The molecule has 0 amide bonds. The van der Waals surface area contributed by atoms with Crippen LogP contribution in [-0.2, 0) is 9.47 Å². The van der Waals surface area contributed by atoms with Crippen molar-refractivity contribution >= 4 is 17.0 Å². The van der Waals surface area contributed by atoms with Crippen molar-refractivity contribution in [3.8, 4) is 0 Å². The van der Waals surface area contributed by atoms with Crippen LogP contribution in [0.4, 0.5) is 5.82 Å². The standard InChI is InChI=1S/C11H17N5O4/c1-19-4-8(20-7(2-17)3-18)16-6-15-9-10(12)13-5-14-11(9)16/h5-8,17-18H,2-4H2,1H3,(H2,12,13,14)/t8-/m1/s1. The first-order valence-corrected chi connectivity index (χ1v) is 6.00. The summed E-state index contributed by atoms with van der Waals surface area (Å²) in [6.07, 6.45) is 1.52. The van der Waals surface area contributed by atoms with Gasteiger partial charge in [0.2, 0.25) is 0 Å². The maximum Gasteiger partial charge on any atom is 0.167 e. The normalized spacial score (nSPS) is 13.2. The summed E-state index contributed by atoms with van der Waals surface area (Å²) < 4.78 is 12.3. The van der Waals surface area contributed by atoms with Crippen LogP contribution in [0.2, 0.25) is 0 Å². The van der Waals surface area contributed by atoms with E-state index in [9.17, 15) is 0 Å². The first-order valence-electron chi connectivity index (χ1n) is 6.00. The van der Waals surface area contributed by atoms with Gasteiger partial charge in [-0.1, -0.05) is 0 Å². The zero-order chi connectivity index (χ0) is 14.5. The molecule has 0 saturated heterocycles. The summed E-state index contributed by atoms with van der Waals surface area (Å²) in [7, 11) is 1.52. The lowest BCUT2D eigenvalue weighted by Gasteiger charge is -2.23. The third-order valence-corrected chi connectivity index (χ3v) is 2.76. The Morgan fingerprint density at radius 2 is 2.05 bits per heavy atom. The van der Waals surface area contributed by atoms with Gasteiger partial charge in [-0.3, -0.25) is 4.57 Å². The molecule has 0 aliphatic rings. The predicted molar refractivity (Wildman–Crippen MR) is 69.7 cm³/mol. The number of aromatic nitrogens is 4. The second kappa shape index (κ2) is 6.57. The highest BCUT2D eigenvalue weighted by Gasteiger charge is 2.20. The van der Waals surface area contributed by atoms with Crippen LogP contribution in [0.25, 0.3) is 11.2 Å². The number of nitrogen functional groups attached to an aromatic ring is 1. The molecule has 9 nitrogen and oxygen atoms in total. The number of hydrogen-bond donors (Lipinski definition) is 3. The molecule has 0 spiro atoms. The van der Waals surface area contributed by atoms with Crippen LogP contribution in [0, 0.1) is 0 Å². The Balaban J connectivity index is 2.34. The number of nitrogens with two attached hydrogens (primary N) is 1. The molecule has 0 bridgehead atoms. The van der Waals surface area contributed by atoms with Gasteiger partial charge < -0.3 is 25.4 Å². The van der Waals surface area contributed by atoms with Crippen LogP contribution in [0.1, 0.15) is 6.23 Å². The molecule has 1 atom stereocenters. The number of nitrogens with zero attached hydrogens (tertiary/aromatic N) is 4. The number of aliphatic hydroxyl groups is 2. The van der Waals surface area contributed by atoms with E-state index in [4.69, 9.17) is 25.4 Å². The number of aliphatic hydroxyl groups excluding tert-OH is 2. The molecule has 20 heavy (non-hydrogen) atoms. The van der Waals surface area contributed by atoms with Gasteiger partial charge in [0.05, 0.1) is 26.1 Å². The van der Waals surface area contributed by atoms with Crippen LogP contribution in [0.15, 0.2) is 12.7 Å². The van der Waals surface area contributed by atoms with Crippen molar-refractivity contribution in [3.05, 3.63) is 12.7 Å². The largest absolute Gasteiger partial charge is 0.394 e. The number of ether oxygens (including phenoxy) is 2. The van der Waals surface area contributed by atoms with Gasteiger partial charge in [-0.05, 0) is 0 Å². The van der Waals surface area contributed by atoms with Crippen molar-refractivity contribution in [2.75, 3.05) is 32.7 Å². The van der Waals surface area contributed by atoms with E-state index in [1.165, 1.54) is 19.8 Å². The summed E-state index contributed by atoms with van der Waals surface area (Å²) in [4.78, 5) is 12.1. The van der Waals surface area contributed by atoms with E-state index in [-0.39, 0.29) is 25.6 Å². The Hall–Kier alpha value is -1.81. The fourth-order valence-electron chi connectivity index (χ4n) is 1.77. The van der Waals surface area contributed by atoms with E-state index in [0.29, 0.717) is 11.2 Å². The maximum absolute atomic E-state index is 9.10. The number of hydrogen-bond acceptors (Lipinski definition) is 8. The van der Waals surface area contributed by atoms with E-state index in [0.717, 1.165) is 0 Å². The number of methoxy groups -OCH3 is 1. The molecule has 2 heterocycles. The second-order valence-electron chi connectivity index (χ2n) is 4.12. The summed E-state index contributed by atoms with van der Waals surface area (Å²) in [6.45, 7) is -0.410. The molecular formula is C11H17N5O4. The topological polar surface area (TPSA) is 129 Å². The average Bonchev–Trinajstić information content (AvgIpc) is 2.89. The zero-order valence-electron chi connectivity index (χ0n) is 11.0. The van der Waals surface area contributed by atoms with Crippen LogP contribution >= 0.6 is 0 Å². The van der Waals surface area contributed by atoms with E-state index in [1.54, 1.807) is 4.57 Å². The Morgan fingerprint density at radius 1 is 1.30 bits per heavy atom. The summed E-state index contributed by atoms with van der Waals surface area (Å²) in [5, 5.41) is 18.2.